The van der Waals surface area contributed by atoms with Gasteiger partial charge >= 0.3 is 0 Å². The first kappa shape index (κ1) is 29.5. The molecule has 0 radical (unpaired) electrons. The molecular weight excluding hydrogens is 619 g/mol. The normalized spacial score (nSPS) is 13.1. The molecule has 0 aliphatic heterocycles. The lowest BCUT2D eigenvalue weighted by Gasteiger charge is -2.29. The van der Waals surface area contributed by atoms with Gasteiger partial charge in [0.25, 0.3) is 0 Å². The van der Waals surface area contributed by atoms with Crippen LogP contribution in [-0.2, 0) is 5.41 Å². The molecule has 1 aromatic heterocycles. The third kappa shape index (κ3) is 4.71. The van der Waals surface area contributed by atoms with Gasteiger partial charge < -0.3 is 9.32 Å². The molecule has 2 nitrogen and oxygen atoms in total. The average molecular weight is 654 g/mol. The van der Waals surface area contributed by atoms with Gasteiger partial charge in [-0.2, -0.15) is 0 Å². The second-order valence-corrected chi connectivity index (χ2v) is 14.2. The predicted octanol–water partition coefficient (Wildman–Crippen LogP) is 13.8. The van der Waals surface area contributed by atoms with Crippen molar-refractivity contribution in [2.24, 2.45) is 0 Å². The molecular formula is C49H35NO. The summed E-state index contributed by atoms with van der Waals surface area (Å²) in [6.07, 6.45) is 0. The molecule has 8 aromatic carbocycles. The van der Waals surface area contributed by atoms with Gasteiger partial charge in [0.15, 0.2) is 0 Å². The first-order valence-corrected chi connectivity index (χ1v) is 17.7. The standard InChI is InChI=1S/C49H35NO/c1-49(2)45-18-10-8-16-40(45)41-27-26-38(31-46(41)49)50(37-24-22-34(23-25-37)32-12-4-3-5-13-32)39-29-43(36-21-20-33-14-6-7-15-35(33)28-36)48-44(30-39)42-17-9-11-19-47(42)51-48/h3-31H,1-2H3. The number of nitrogens with zero attached hydrogens (tertiary/aromatic N) is 1. The van der Waals surface area contributed by atoms with Gasteiger partial charge in [0.2, 0.25) is 0 Å². The molecule has 0 saturated heterocycles. The Balaban J connectivity index is 1.22. The minimum atomic E-state index is -0.119. The van der Waals surface area contributed by atoms with E-state index in [0.29, 0.717) is 0 Å². The van der Waals surface area contributed by atoms with Crippen LogP contribution in [0.2, 0.25) is 0 Å². The maximum atomic E-state index is 6.67. The molecule has 9 aromatic rings. The molecule has 10 rings (SSSR count). The van der Waals surface area contributed by atoms with E-state index < -0.39 is 0 Å². The Morgan fingerprint density at radius 1 is 0.412 bits per heavy atom. The fourth-order valence-corrected chi connectivity index (χ4v) is 8.22. The van der Waals surface area contributed by atoms with Crippen LogP contribution in [-0.4, -0.2) is 0 Å². The second-order valence-electron chi connectivity index (χ2n) is 14.2. The van der Waals surface area contributed by atoms with Gasteiger partial charge in [-0.05, 0) is 98.2 Å². The first-order chi connectivity index (χ1) is 25.0. The smallest absolute Gasteiger partial charge is 0.143 e. The molecule has 0 saturated carbocycles. The van der Waals surface area contributed by atoms with Crippen LogP contribution in [0.3, 0.4) is 0 Å². The largest absolute Gasteiger partial charge is 0.455 e. The average Bonchev–Trinajstić information content (AvgIpc) is 3.67. The lowest BCUT2D eigenvalue weighted by molar-refractivity contribution is 0.660. The molecule has 0 atom stereocenters. The Bertz CT molecular complexity index is 2770. The van der Waals surface area contributed by atoms with E-state index in [9.17, 15) is 0 Å². The summed E-state index contributed by atoms with van der Waals surface area (Å²) in [5.41, 5.74) is 14.9. The van der Waals surface area contributed by atoms with Crippen molar-refractivity contribution in [3.05, 3.63) is 187 Å². The SMILES string of the molecule is CC1(C)c2ccccc2-c2ccc(N(c3ccc(-c4ccccc4)cc3)c3cc(-c4ccc5ccccc5c4)c4oc5ccccc5c4c3)cc21. The van der Waals surface area contributed by atoms with E-state index >= 15 is 0 Å². The number of hydrogen-bond donors (Lipinski definition) is 0. The lowest BCUT2D eigenvalue weighted by Crippen LogP contribution is -2.16. The highest BCUT2D eigenvalue weighted by atomic mass is 16.3. The zero-order chi connectivity index (χ0) is 34.1. The summed E-state index contributed by atoms with van der Waals surface area (Å²) in [4.78, 5) is 2.42. The van der Waals surface area contributed by atoms with Crippen molar-refractivity contribution in [3.63, 3.8) is 0 Å². The predicted molar refractivity (Wildman–Crippen MR) is 214 cm³/mol. The molecule has 1 heterocycles. The monoisotopic (exact) mass is 653 g/mol. The number of rotatable bonds is 5. The summed E-state index contributed by atoms with van der Waals surface area (Å²) in [5.74, 6) is 0. The summed E-state index contributed by atoms with van der Waals surface area (Å²) in [6.45, 7) is 4.70. The van der Waals surface area contributed by atoms with Crippen molar-refractivity contribution in [2.75, 3.05) is 4.90 Å². The Labute approximate surface area is 297 Å². The quantitative estimate of drug-likeness (QED) is 0.184. The van der Waals surface area contributed by atoms with E-state index in [-0.39, 0.29) is 5.41 Å². The van der Waals surface area contributed by atoms with Gasteiger partial charge in [-0.1, -0.05) is 141 Å². The molecule has 1 aliphatic rings. The summed E-state index contributed by atoms with van der Waals surface area (Å²) in [7, 11) is 0. The minimum absolute atomic E-state index is 0.119. The summed E-state index contributed by atoms with van der Waals surface area (Å²) >= 11 is 0. The van der Waals surface area contributed by atoms with E-state index in [0.717, 1.165) is 50.1 Å². The highest BCUT2D eigenvalue weighted by molar-refractivity contribution is 6.12. The van der Waals surface area contributed by atoms with Gasteiger partial charge in [0, 0.05) is 38.8 Å². The molecule has 0 spiro atoms. The summed E-state index contributed by atoms with van der Waals surface area (Å²) < 4.78 is 6.67. The maximum absolute atomic E-state index is 6.67. The number of benzene rings is 8. The molecule has 51 heavy (non-hydrogen) atoms. The highest BCUT2D eigenvalue weighted by Crippen LogP contribution is 2.51. The Morgan fingerprint density at radius 2 is 1.08 bits per heavy atom. The third-order valence-corrected chi connectivity index (χ3v) is 10.8. The van der Waals surface area contributed by atoms with Gasteiger partial charge in [-0.15, -0.1) is 0 Å². The highest BCUT2D eigenvalue weighted by Gasteiger charge is 2.35. The first-order valence-electron chi connectivity index (χ1n) is 17.7. The van der Waals surface area contributed by atoms with E-state index in [1.54, 1.807) is 0 Å². The molecule has 1 aliphatic carbocycles. The van der Waals surface area contributed by atoms with Crippen LogP contribution in [0, 0.1) is 0 Å². The van der Waals surface area contributed by atoms with Crippen LogP contribution >= 0.6 is 0 Å². The van der Waals surface area contributed by atoms with E-state index in [1.165, 1.54) is 44.2 Å². The Hall–Kier alpha value is -6.38. The van der Waals surface area contributed by atoms with Crippen LogP contribution in [0.1, 0.15) is 25.0 Å². The molecule has 0 N–H and O–H groups in total. The fraction of sp³-hybridized carbons (Fsp3) is 0.0612. The van der Waals surface area contributed by atoms with Crippen molar-refractivity contribution in [2.45, 2.75) is 19.3 Å². The summed E-state index contributed by atoms with van der Waals surface area (Å²) in [5, 5.41) is 4.64. The summed E-state index contributed by atoms with van der Waals surface area (Å²) in [6, 6.07) is 63.7. The molecule has 242 valence electrons. The maximum Gasteiger partial charge on any atom is 0.143 e. The topological polar surface area (TPSA) is 16.4 Å². The van der Waals surface area contributed by atoms with Crippen LogP contribution in [0.15, 0.2) is 180 Å². The van der Waals surface area contributed by atoms with Crippen molar-refractivity contribution in [1.29, 1.82) is 0 Å². The molecule has 0 bridgehead atoms. The van der Waals surface area contributed by atoms with Crippen LogP contribution < -0.4 is 4.90 Å². The van der Waals surface area contributed by atoms with Gasteiger partial charge in [-0.3, -0.25) is 0 Å². The minimum Gasteiger partial charge on any atom is -0.455 e. The van der Waals surface area contributed by atoms with E-state index in [4.69, 9.17) is 4.42 Å². The molecule has 2 heteroatoms. The number of furan rings is 1. The molecule has 0 amide bonds. The Morgan fingerprint density at radius 3 is 1.94 bits per heavy atom. The number of anilines is 3. The lowest BCUT2D eigenvalue weighted by atomic mass is 9.82. The van der Waals surface area contributed by atoms with Gasteiger partial charge in [0.1, 0.15) is 11.2 Å². The second kappa shape index (κ2) is 11.3. The van der Waals surface area contributed by atoms with Crippen molar-refractivity contribution >= 4 is 49.8 Å². The van der Waals surface area contributed by atoms with Gasteiger partial charge in [0.05, 0.1) is 0 Å². The van der Waals surface area contributed by atoms with Crippen molar-refractivity contribution in [1.82, 2.24) is 0 Å². The van der Waals surface area contributed by atoms with Crippen molar-refractivity contribution < 1.29 is 4.42 Å². The number of hydrogen-bond acceptors (Lipinski definition) is 2. The van der Waals surface area contributed by atoms with Crippen LogP contribution in [0.4, 0.5) is 17.1 Å². The van der Waals surface area contributed by atoms with Crippen molar-refractivity contribution in [3.8, 4) is 33.4 Å². The Kier molecular flexibility index (Phi) is 6.56. The zero-order valence-corrected chi connectivity index (χ0v) is 28.6. The zero-order valence-electron chi connectivity index (χ0n) is 28.6. The van der Waals surface area contributed by atoms with E-state index in [2.05, 4.69) is 189 Å². The number of para-hydroxylation sites is 1. The molecule has 0 unspecified atom stereocenters. The van der Waals surface area contributed by atoms with E-state index in [1.807, 2.05) is 6.07 Å². The van der Waals surface area contributed by atoms with Gasteiger partial charge in [-0.25, -0.2) is 0 Å². The fourth-order valence-electron chi connectivity index (χ4n) is 8.22. The van der Waals surface area contributed by atoms with Crippen LogP contribution in [0.5, 0.6) is 0 Å². The molecule has 0 fully saturated rings. The third-order valence-electron chi connectivity index (χ3n) is 10.8. The van der Waals surface area contributed by atoms with Crippen LogP contribution in [0.25, 0.3) is 66.1 Å². The number of fused-ring (bicyclic) bond motifs is 7.